The first kappa shape index (κ1) is 27.2. The molecule has 194 valence electrons. The SMILES string of the molecule is C1=CCC(=CCCP(c2ccccc2)c2ccccc2)C(N=CCCP(c2ccccc2)c2ccccc2)=C1. The summed E-state index contributed by atoms with van der Waals surface area (Å²) in [5.74, 6) is 0. The molecule has 1 aliphatic carbocycles. The van der Waals surface area contributed by atoms with E-state index in [1.807, 2.05) is 0 Å². The molecule has 39 heavy (non-hydrogen) atoms. The topological polar surface area (TPSA) is 12.4 Å². The predicted octanol–water partition coefficient (Wildman–Crippen LogP) is 7.87. The molecule has 0 atom stereocenters. The Morgan fingerprint density at radius 2 is 1.00 bits per heavy atom. The fraction of sp³-hybridized carbons (Fsp3) is 0.139. The lowest BCUT2D eigenvalue weighted by molar-refractivity contribution is 1.10. The maximum atomic E-state index is 4.97. The summed E-state index contributed by atoms with van der Waals surface area (Å²) in [6, 6.07) is 43.9. The van der Waals surface area contributed by atoms with Gasteiger partial charge in [-0.15, -0.1) is 0 Å². The molecule has 0 aromatic heterocycles. The van der Waals surface area contributed by atoms with E-state index < -0.39 is 0 Å². The van der Waals surface area contributed by atoms with Gasteiger partial charge in [0.2, 0.25) is 0 Å². The smallest absolute Gasteiger partial charge is 0.0657 e. The van der Waals surface area contributed by atoms with E-state index in [0.717, 1.165) is 37.3 Å². The maximum Gasteiger partial charge on any atom is 0.0657 e. The summed E-state index contributed by atoms with van der Waals surface area (Å²) in [5, 5.41) is 5.76. The largest absolute Gasteiger partial charge is 0.261 e. The number of hydrogen-bond donors (Lipinski definition) is 0. The molecular formula is C36H35NP2. The Morgan fingerprint density at radius 3 is 1.46 bits per heavy atom. The molecular weight excluding hydrogens is 508 g/mol. The lowest BCUT2D eigenvalue weighted by Crippen LogP contribution is -2.14. The van der Waals surface area contributed by atoms with Crippen molar-refractivity contribution in [3.8, 4) is 0 Å². The van der Waals surface area contributed by atoms with Gasteiger partial charge in [-0.25, -0.2) is 0 Å². The maximum absolute atomic E-state index is 4.97. The average molecular weight is 544 g/mol. The Morgan fingerprint density at radius 1 is 0.564 bits per heavy atom. The first-order valence-electron chi connectivity index (χ1n) is 13.7. The monoisotopic (exact) mass is 543 g/mol. The number of aliphatic imine (C=N–C) groups is 1. The second-order valence-corrected chi connectivity index (χ2v) is 14.1. The molecule has 3 heteroatoms. The van der Waals surface area contributed by atoms with Crippen molar-refractivity contribution in [1.29, 1.82) is 0 Å². The second-order valence-electron chi connectivity index (χ2n) is 9.45. The van der Waals surface area contributed by atoms with Crippen molar-refractivity contribution < 1.29 is 0 Å². The fourth-order valence-corrected chi connectivity index (χ4v) is 9.36. The van der Waals surface area contributed by atoms with Gasteiger partial charge in [0.15, 0.2) is 0 Å². The number of allylic oxidation sites excluding steroid dienone is 5. The van der Waals surface area contributed by atoms with E-state index in [1.54, 1.807) is 0 Å². The standard InChI is InChI=1S/C36H35NP2/c1-5-19-32(20-6-1)38(33-21-7-2-8-22-33)29-15-18-31-17-13-14-27-36(31)37-28-16-30-39(34-23-9-3-10-24-34)35-25-11-4-12-26-35/h1-14,18-28H,15-17,29-30H2. The van der Waals surface area contributed by atoms with Crippen LogP contribution in [0.5, 0.6) is 0 Å². The zero-order valence-corrected chi connectivity index (χ0v) is 24.1. The summed E-state index contributed by atoms with van der Waals surface area (Å²) in [5.41, 5.74) is 2.46. The predicted molar refractivity (Wildman–Crippen MR) is 176 cm³/mol. The highest BCUT2D eigenvalue weighted by Crippen LogP contribution is 2.35. The first-order chi connectivity index (χ1) is 19.4. The molecule has 0 N–H and O–H groups in total. The summed E-state index contributed by atoms with van der Waals surface area (Å²) in [6.07, 6.45) is 16.3. The molecule has 0 unspecified atom stereocenters. The molecule has 1 nitrogen and oxygen atoms in total. The van der Waals surface area contributed by atoms with E-state index in [2.05, 4.69) is 152 Å². The molecule has 0 spiro atoms. The van der Waals surface area contributed by atoms with E-state index in [1.165, 1.54) is 26.8 Å². The summed E-state index contributed by atoms with van der Waals surface area (Å²) in [7, 11) is -0.765. The van der Waals surface area contributed by atoms with Crippen LogP contribution in [-0.2, 0) is 0 Å². The number of nitrogens with zero attached hydrogens (tertiary/aromatic N) is 1. The Labute approximate surface area is 236 Å². The summed E-state index contributed by atoms with van der Waals surface area (Å²) >= 11 is 0. The highest BCUT2D eigenvalue weighted by Gasteiger charge is 2.14. The van der Waals surface area contributed by atoms with Crippen LogP contribution in [0.25, 0.3) is 0 Å². The van der Waals surface area contributed by atoms with Gasteiger partial charge < -0.3 is 0 Å². The molecule has 0 aliphatic heterocycles. The van der Waals surface area contributed by atoms with Gasteiger partial charge in [0.05, 0.1) is 5.70 Å². The minimum atomic E-state index is -0.389. The van der Waals surface area contributed by atoms with Gasteiger partial charge in [0, 0.05) is 6.21 Å². The van der Waals surface area contributed by atoms with E-state index in [9.17, 15) is 0 Å². The quantitative estimate of drug-likeness (QED) is 0.135. The summed E-state index contributed by atoms with van der Waals surface area (Å²) in [4.78, 5) is 4.97. The number of hydrogen-bond acceptors (Lipinski definition) is 1. The lowest BCUT2D eigenvalue weighted by atomic mass is 10.0. The van der Waals surface area contributed by atoms with Crippen LogP contribution in [-0.4, -0.2) is 18.5 Å². The molecule has 4 aromatic rings. The second kappa shape index (κ2) is 14.7. The molecule has 1 aliphatic rings. The average Bonchev–Trinajstić information content (AvgIpc) is 3.02. The molecule has 0 radical (unpaired) electrons. The molecule has 0 heterocycles. The first-order valence-corrected chi connectivity index (χ1v) is 16.8. The van der Waals surface area contributed by atoms with Crippen molar-refractivity contribution >= 4 is 43.3 Å². The van der Waals surface area contributed by atoms with E-state index >= 15 is 0 Å². The third-order valence-corrected chi connectivity index (χ3v) is 11.9. The van der Waals surface area contributed by atoms with Crippen LogP contribution < -0.4 is 21.2 Å². The molecule has 0 saturated heterocycles. The Kier molecular flexibility index (Phi) is 10.2. The van der Waals surface area contributed by atoms with Crippen molar-refractivity contribution in [2.45, 2.75) is 19.3 Å². The van der Waals surface area contributed by atoms with Gasteiger partial charge in [-0.05, 0) is 80.3 Å². The van der Waals surface area contributed by atoms with Crippen LogP contribution in [0.15, 0.2) is 162 Å². The van der Waals surface area contributed by atoms with Gasteiger partial charge >= 0.3 is 0 Å². The minimum absolute atomic E-state index is 0.376. The van der Waals surface area contributed by atoms with Crippen molar-refractivity contribution in [3.63, 3.8) is 0 Å². The zero-order chi connectivity index (χ0) is 26.5. The van der Waals surface area contributed by atoms with Crippen molar-refractivity contribution in [2.75, 3.05) is 12.3 Å². The Hall–Kier alpha value is -3.37. The highest BCUT2D eigenvalue weighted by molar-refractivity contribution is 7.73. The van der Waals surface area contributed by atoms with Gasteiger partial charge in [-0.1, -0.05) is 140 Å². The highest BCUT2D eigenvalue weighted by atomic mass is 31.1. The van der Waals surface area contributed by atoms with Crippen LogP contribution in [0.3, 0.4) is 0 Å². The van der Waals surface area contributed by atoms with E-state index in [-0.39, 0.29) is 15.8 Å². The van der Waals surface area contributed by atoms with E-state index in [4.69, 9.17) is 4.99 Å². The number of rotatable bonds is 11. The van der Waals surface area contributed by atoms with Crippen LogP contribution in [0.2, 0.25) is 0 Å². The minimum Gasteiger partial charge on any atom is -0.261 e. The molecule has 0 saturated carbocycles. The third kappa shape index (κ3) is 7.83. The lowest BCUT2D eigenvalue weighted by Gasteiger charge is -2.18. The number of benzene rings is 4. The Balaban J connectivity index is 1.24. The Bertz CT molecular complexity index is 1330. The van der Waals surface area contributed by atoms with Crippen LogP contribution in [0.4, 0.5) is 0 Å². The molecule has 4 aromatic carbocycles. The van der Waals surface area contributed by atoms with Gasteiger partial charge in [-0.3, -0.25) is 4.99 Å². The summed E-state index contributed by atoms with van der Waals surface area (Å²) in [6.45, 7) is 0. The zero-order valence-electron chi connectivity index (χ0n) is 22.3. The fourth-order valence-electron chi connectivity index (χ4n) is 4.84. The van der Waals surface area contributed by atoms with Crippen molar-refractivity contribution in [2.24, 2.45) is 4.99 Å². The van der Waals surface area contributed by atoms with Crippen LogP contribution in [0, 0.1) is 0 Å². The van der Waals surface area contributed by atoms with E-state index in [0.29, 0.717) is 0 Å². The van der Waals surface area contributed by atoms with Gasteiger partial charge in [-0.2, -0.15) is 0 Å². The third-order valence-electron chi connectivity index (χ3n) is 6.78. The van der Waals surface area contributed by atoms with Gasteiger partial charge in [0.1, 0.15) is 0 Å². The molecule has 5 rings (SSSR count). The molecule has 0 fully saturated rings. The van der Waals surface area contributed by atoms with Gasteiger partial charge in [0.25, 0.3) is 0 Å². The van der Waals surface area contributed by atoms with Crippen LogP contribution >= 0.6 is 15.8 Å². The van der Waals surface area contributed by atoms with Crippen molar-refractivity contribution in [1.82, 2.24) is 0 Å². The summed E-state index contributed by atoms with van der Waals surface area (Å²) < 4.78 is 0. The van der Waals surface area contributed by atoms with Crippen LogP contribution in [0.1, 0.15) is 19.3 Å². The molecule has 0 bridgehead atoms. The van der Waals surface area contributed by atoms with Crippen molar-refractivity contribution in [3.05, 3.63) is 157 Å². The normalized spacial score (nSPS) is 14.4. The molecule has 0 amide bonds.